The van der Waals surface area contributed by atoms with Crippen LogP contribution >= 0.6 is 7.82 Å². The lowest BCUT2D eigenvalue weighted by atomic mass is 10.1. The summed E-state index contributed by atoms with van der Waals surface area (Å²) in [5, 5.41) is 9.84. The lowest BCUT2D eigenvalue weighted by molar-refractivity contribution is -0.765. The van der Waals surface area contributed by atoms with Crippen molar-refractivity contribution in [3.63, 3.8) is 0 Å². The molecular formula is C11H14FN2O7P. The Labute approximate surface area is 124 Å². The highest BCUT2D eigenvalue weighted by molar-refractivity contribution is 7.44. The second kappa shape index (κ2) is 6.37. The molecule has 2 heterocycles. The maximum atomic E-state index is 13.9. The molecule has 0 aromatic carbocycles. The van der Waals surface area contributed by atoms with Gasteiger partial charge in [0.1, 0.15) is 11.7 Å². The quantitative estimate of drug-likeness (QED) is 0.422. The number of rotatable bonds is 5. The van der Waals surface area contributed by atoms with Crippen LogP contribution in [0.25, 0.3) is 0 Å². The van der Waals surface area contributed by atoms with Gasteiger partial charge in [0.05, 0.1) is 6.61 Å². The molecule has 0 radical (unpaired) electrons. The Kier molecular flexibility index (Phi) is 4.90. The summed E-state index contributed by atoms with van der Waals surface area (Å²) in [5.74, 6) is -0.717. The number of pyridine rings is 1. The van der Waals surface area contributed by atoms with Crippen LogP contribution in [0.1, 0.15) is 16.6 Å². The number of carbonyl (C=O) groups excluding carboxylic acids is 1. The summed E-state index contributed by atoms with van der Waals surface area (Å²) in [6, 6.07) is 2.87. The van der Waals surface area contributed by atoms with Crippen LogP contribution in [0.3, 0.4) is 0 Å². The van der Waals surface area contributed by atoms with E-state index in [1.54, 1.807) is 0 Å². The summed E-state index contributed by atoms with van der Waals surface area (Å²) in [7, 11) is -5.02. The predicted octanol–water partition coefficient (Wildman–Crippen LogP) is -1.85. The third-order valence-corrected chi connectivity index (χ3v) is 3.57. The average molecular weight is 336 g/mol. The minimum absolute atomic E-state index is 0.118. The Hall–Kier alpha value is -1.42. The molecule has 0 aliphatic carbocycles. The molecule has 3 unspecified atom stereocenters. The number of nitrogens with zero attached hydrogens (tertiary/aromatic N) is 1. The topological polar surface area (TPSA) is 146 Å². The van der Waals surface area contributed by atoms with Gasteiger partial charge in [-0.3, -0.25) is 9.36 Å². The molecule has 9 nitrogen and oxygen atoms in total. The molecule has 1 aliphatic rings. The summed E-state index contributed by atoms with van der Waals surface area (Å²) in [6.45, 7) is -0.790. The van der Waals surface area contributed by atoms with Crippen LogP contribution in [0, 0.1) is 0 Å². The molecule has 1 aromatic rings. The molecule has 1 aromatic heterocycles. The van der Waals surface area contributed by atoms with E-state index >= 15 is 0 Å². The van der Waals surface area contributed by atoms with Crippen molar-refractivity contribution >= 4 is 13.7 Å². The van der Waals surface area contributed by atoms with E-state index in [9.17, 15) is 23.7 Å². The molecule has 22 heavy (non-hydrogen) atoms. The van der Waals surface area contributed by atoms with Crippen molar-refractivity contribution in [2.75, 3.05) is 6.61 Å². The first-order valence-corrected chi connectivity index (χ1v) is 7.65. The monoisotopic (exact) mass is 336 g/mol. The van der Waals surface area contributed by atoms with Gasteiger partial charge in [-0.2, -0.15) is 4.57 Å². The fourth-order valence-corrected chi connectivity index (χ4v) is 2.39. The fraction of sp³-hybridized carbons (Fsp3) is 0.455. The van der Waals surface area contributed by atoms with Crippen molar-refractivity contribution in [2.45, 2.75) is 24.6 Å². The van der Waals surface area contributed by atoms with Gasteiger partial charge in [-0.1, -0.05) is 0 Å². The van der Waals surface area contributed by atoms with Gasteiger partial charge >= 0.3 is 0 Å². The lowest BCUT2D eigenvalue weighted by Gasteiger charge is -2.18. The van der Waals surface area contributed by atoms with Gasteiger partial charge in [-0.15, -0.1) is 0 Å². The highest BCUT2D eigenvalue weighted by atomic mass is 31.2. The third kappa shape index (κ3) is 3.86. The molecule has 1 aliphatic heterocycles. The van der Waals surface area contributed by atoms with Gasteiger partial charge in [-0.25, -0.2) is 4.39 Å². The number of hydrogen-bond donors (Lipinski definition) is 3. The van der Waals surface area contributed by atoms with E-state index in [1.165, 1.54) is 29.1 Å². The van der Waals surface area contributed by atoms with E-state index in [4.69, 9.17) is 15.4 Å². The molecule has 1 amide bonds. The summed E-state index contributed by atoms with van der Waals surface area (Å²) < 4.78 is 34.9. The first-order valence-electron chi connectivity index (χ1n) is 6.15. The van der Waals surface area contributed by atoms with E-state index in [0.29, 0.717) is 0 Å². The third-order valence-electron chi connectivity index (χ3n) is 3.09. The largest absolute Gasteiger partial charge is 0.756 e. The van der Waals surface area contributed by atoms with Crippen LogP contribution < -0.4 is 15.2 Å². The van der Waals surface area contributed by atoms with Crippen LogP contribution in [0.4, 0.5) is 4.39 Å². The van der Waals surface area contributed by atoms with Crippen LogP contribution in [-0.4, -0.2) is 40.9 Å². The van der Waals surface area contributed by atoms with Crippen LogP contribution in [0.2, 0.25) is 0 Å². The standard InChI is InChI=1S/C11H14FN2O7P/c12-8-7(5-20-22(17,18)19)21-11(9(8)15)14-3-1-2-6(4-14)10(13)16/h1-4,7-9,11,15H,5H2,(H3-,13,16,17,18,19)/t7?,8-,9+,11?/m0/s1. The molecule has 1 fully saturated rings. The zero-order chi connectivity index (χ0) is 16.5. The highest BCUT2D eigenvalue weighted by Crippen LogP contribution is 2.34. The SMILES string of the molecule is NC(=O)c1ccc[n+](C2OC(COP(=O)([O-])O)[C@H](F)[C@H]2O)c1. The molecule has 1 saturated heterocycles. The summed E-state index contributed by atoms with van der Waals surface area (Å²) in [5.41, 5.74) is 5.24. The van der Waals surface area contributed by atoms with Crippen molar-refractivity contribution < 1.29 is 42.5 Å². The Morgan fingerprint density at radius 3 is 2.91 bits per heavy atom. The summed E-state index contributed by atoms with van der Waals surface area (Å²) in [4.78, 5) is 30.1. The van der Waals surface area contributed by atoms with Crippen LogP contribution in [0.5, 0.6) is 0 Å². The number of ether oxygens (including phenoxy) is 1. The maximum absolute atomic E-state index is 13.9. The van der Waals surface area contributed by atoms with E-state index in [1.807, 2.05) is 0 Å². The summed E-state index contributed by atoms with van der Waals surface area (Å²) in [6.07, 6.45) is -3.49. The first kappa shape index (κ1) is 16.9. The highest BCUT2D eigenvalue weighted by Gasteiger charge is 2.49. The van der Waals surface area contributed by atoms with Gasteiger partial charge in [0.25, 0.3) is 20.0 Å². The Morgan fingerprint density at radius 2 is 2.32 bits per heavy atom. The van der Waals surface area contributed by atoms with Crippen molar-refractivity contribution in [1.29, 1.82) is 0 Å². The molecule has 2 rings (SSSR count). The molecule has 4 N–H and O–H groups in total. The molecular weight excluding hydrogens is 322 g/mol. The minimum atomic E-state index is -5.02. The van der Waals surface area contributed by atoms with Gasteiger partial charge in [0.15, 0.2) is 24.7 Å². The minimum Gasteiger partial charge on any atom is -0.756 e. The van der Waals surface area contributed by atoms with Crippen molar-refractivity contribution in [1.82, 2.24) is 0 Å². The van der Waals surface area contributed by atoms with Crippen molar-refractivity contribution in [3.8, 4) is 0 Å². The smallest absolute Gasteiger partial charge is 0.292 e. The van der Waals surface area contributed by atoms with Crippen molar-refractivity contribution in [3.05, 3.63) is 30.1 Å². The van der Waals surface area contributed by atoms with Crippen LogP contribution in [0.15, 0.2) is 24.5 Å². The Morgan fingerprint density at radius 1 is 1.64 bits per heavy atom. The van der Waals surface area contributed by atoms with E-state index < -0.39 is 44.9 Å². The van der Waals surface area contributed by atoms with Crippen LogP contribution in [-0.2, 0) is 13.8 Å². The number of phosphoric acid groups is 1. The average Bonchev–Trinajstić information content (AvgIpc) is 2.72. The van der Waals surface area contributed by atoms with E-state index in [0.717, 1.165) is 0 Å². The Bertz CT molecular complexity index is 610. The number of phosphoric ester groups is 1. The molecule has 5 atom stereocenters. The predicted molar refractivity (Wildman–Crippen MR) is 65.7 cm³/mol. The van der Waals surface area contributed by atoms with Gasteiger partial charge < -0.3 is 29.9 Å². The van der Waals surface area contributed by atoms with Gasteiger partial charge in [0, 0.05) is 6.07 Å². The second-order valence-electron chi connectivity index (χ2n) is 4.67. The maximum Gasteiger partial charge on any atom is 0.292 e. The van der Waals surface area contributed by atoms with Crippen molar-refractivity contribution in [2.24, 2.45) is 5.73 Å². The molecule has 122 valence electrons. The normalized spacial score (nSPS) is 30.9. The second-order valence-corrected chi connectivity index (χ2v) is 5.86. The molecule has 11 heteroatoms. The number of hydrogen-bond acceptors (Lipinski definition) is 6. The number of alkyl halides is 1. The molecule has 0 saturated carbocycles. The van der Waals surface area contributed by atoms with Gasteiger partial charge in [-0.05, 0) is 6.07 Å². The first-order chi connectivity index (χ1) is 10.2. The van der Waals surface area contributed by atoms with E-state index in [-0.39, 0.29) is 5.56 Å². The number of aliphatic hydroxyl groups excluding tert-OH is 1. The van der Waals surface area contributed by atoms with E-state index in [2.05, 4.69) is 4.52 Å². The number of halogens is 1. The zero-order valence-electron chi connectivity index (χ0n) is 11.1. The number of aromatic nitrogens is 1. The number of nitrogens with two attached hydrogens (primary N) is 1. The molecule has 0 spiro atoms. The number of carbonyl (C=O) groups is 1. The fourth-order valence-electron chi connectivity index (χ4n) is 2.05. The Balaban J connectivity index is 2.14. The van der Waals surface area contributed by atoms with Gasteiger partial charge in [0.2, 0.25) is 0 Å². The molecule has 0 bridgehead atoms. The number of aliphatic hydroxyl groups is 1. The lowest BCUT2D eigenvalue weighted by Crippen LogP contribution is -2.46. The number of primary amides is 1. The summed E-state index contributed by atoms with van der Waals surface area (Å²) >= 11 is 0. The number of amides is 1. The zero-order valence-corrected chi connectivity index (χ0v) is 12.0.